The van der Waals surface area contributed by atoms with E-state index in [9.17, 15) is 13.2 Å². The van der Waals surface area contributed by atoms with E-state index in [1.165, 1.54) is 12.1 Å². The second-order valence-corrected chi connectivity index (χ2v) is 11.7. The maximum atomic E-state index is 13.5. The Hall–Kier alpha value is -2.89. The number of ether oxygens (including phenoxy) is 2. The van der Waals surface area contributed by atoms with Crippen molar-refractivity contribution in [1.82, 2.24) is 4.31 Å². The summed E-state index contributed by atoms with van der Waals surface area (Å²) in [6, 6.07) is 14.8. The van der Waals surface area contributed by atoms with Gasteiger partial charge < -0.3 is 9.47 Å². The van der Waals surface area contributed by atoms with E-state index in [-0.39, 0.29) is 23.0 Å². The summed E-state index contributed by atoms with van der Waals surface area (Å²) in [5.41, 5.74) is 0.943. The number of nitriles is 1. The Bertz CT molecular complexity index is 1220. The van der Waals surface area contributed by atoms with Crippen molar-refractivity contribution in [2.75, 3.05) is 0 Å². The molecule has 1 amide bonds. The highest BCUT2D eigenvalue weighted by atomic mass is 32.2. The number of fused-ring (bicyclic) bond motifs is 2. The second-order valence-electron chi connectivity index (χ2n) is 9.84. The van der Waals surface area contributed by atoms with Gasteiger partial charge >= 0.3 is 6.09 Å². The fourth-order valence-electron chi connectivity index (χ4n) is 4.85. The molecular formula is C26H30N2O5S. The van der Waals surface area contributed by atoms with Crippen molar-refractivity contribution in [3.8, 4) is 6.07 Å². The molecule has 0 spiro atoms. The van der Waals surface area contributed by atoms with Gasteiger partial charge in [0.15, 0.2) is 0 Å². The Labute approximate surface area is 201 Å². The molecule has 2 aliphatic heterocycles. The predicted octanol–water partition coefficient (Wildman–Crippen LogP) is 4.93. The molecule has 2 aromatic rings. The minimum Gasteiger partial charge on any atom is -0.442 e. The molecule has 8 heteroatoms. The Morgan fingerprint density at radius 3 is 2.38 bits per heavy atom. The van der Waals surface area contributed by atoms with Gasteiger partial charge in [-0.15, -0.1) is 0 Å². The Morgan fingerprint density at radius 2 is 1.82 bits per heavy atom. The zero-order chi connectivity index (χ0) is 24.7. The molecule has 2 saturated heterocycles. The van der Waals surface area contributed by atoms with Crippen LogP contribution in [0.5, 0.6) is 0 Å². The third-order valence-corrected chi connectivity index (χ3v) is 8.94. The van der Waals surface area contributed by atoms with Gasteiger partial charge in [0, 0.05) is 6.42 Å². The standard InChI is InChI=1S/C26H30N2O5S/c1-18(2)26-14-13-25(4,33-26)23(15-26)32-24(29)28(17-21-9-7-20(16-27)8-10-21)34(30,31)22-11-5-19(3)6-12-22/h5-12,18,23H,13-15,17H2,1-4H3/t23-,25-,26-/m0/s1. The average molecular weight is 483 g/mol. The predicted molar refractivity (Wildman–Crippen MR) is 126 cm³/mol. The van der Waals surface area contributed by atoms with E-state index >= 15 is 0 Å². The lowest BCUT2D eigenvalue weighted by Crippen LogP contribution is -2.44. The van der Waals surface area contributed by atoms with E-state index in [1.807, 2.05) is 19.9 Å². The molecule has 180 valence electrons. The highest BCUT2D eigenvalue weighted by Gasteiger charge is 2.62. The molecule has 2 heterocycles. The van der Waals surface area contributed by atoms with E-state index in [2.05, 4.69) is 13.8 Å². The van der Waals surface area contributed by atoms with Crippen LogP contribution in [0.25, 0.3) is 0 Å². The summed E-state index contributed by atoms with van der Waals surface area (Å²) in [6.45, 7) is 7.77. The Morgan fingerprint density at radius 1 is 1.18 bits per heavy atom. The third kappa shape index (κ3) is 4.30. The summed E-state index contributed by atoms with van der Waals surface area (Å²) in [6.07, 6.45) is 0.733. The van der Waals surface area contributed by atoms with E-state index in [0.717, 1.165) is 22.7 Å². The third-order valence-electron chi connectivity index (χ3n) is 7.21. The SMILES string of the molecule is Cc1ccc(S(=O)(=O)N(Cc2ccc(C#N)cc2)C(=O)O[C@H]2C[C@]3(C(C)C)CC[C@]2(C)O3)cc1. The van der Waals surface area contributed by atoms with Crippen molar-refractivity contribution in [3.63, 3.8) is 0 Å². The molecule has 0 unspecified atom stereocenters. The average Bonchev–Trinajstić information content (AvgIpc) is 3.30. The van der Waals surface area contributed by atoms with Gasteiger partial charge in [0.25, 0.3) is 10.0 Å². The van der Waals surface area contributed by atoms with Crippen molar-refractivity contribution in [3.05, 3.63) is 65.2 Å². The number of carbonyl (C=O) groups is 1. The van der Waals surface area contributed by atoms with Gasteiger partial charge in [-0.1, -0.05) is 43.7 Å². The van der Waals surface area contributed by atoms with Crippen molar-refractivity contribution >= 4 is 16.1 Å². The monoisotopic (exact) mass is 482 g/mol. The van der Waals surface area contributed by atoms with Crippen LogP contribution in [0.3, 0.4) is 0 Å². The molecule has 2 bridgehead atoms. The van der Waals surface area contributed by atoms with Crippen molar-refractivity contribution in [1.29, 1.82) is 5.26 Å². The second kappa shape index (κ2) is 8.71. The number of hydrogen-bond donors (Lipinski definition) is 0. The molecule has 7 nitrogen and oxygen atoms in total. The van der Waals surface area contributed by atoms with Gasteiger partial charge in [0.05, 0.1) is 28.7 Å². The number of aryl methyl sites for hydroxylation is 1. The molecule has 2 aromatic carbocycles. The number of amides is 1. The maximum absolute atomic E-state index is 13.5. The number of hydrogen-bond acceptors (Lipinski definition) is 6. The molecule has 0 N–H and O–H groups in total. The summed E-state index contributed by atoms with van der Waals surface area (Å²) < 4.78 is 40.1. The van der Waals surface area contributed by atoms with Crippen LogP contribution in [0.2, 0.25) is 0 Å². The van der Waals surface area contributed by atoms with Crippen LogP contribution < -0.4 is 0 Å². The topological polar surface area (TPSA) is 96.7 Å². The van der Waals surface area contributed by atoms with Crippen LogP contribution in [0.15, 0.2) is 53.4 Å². The van der Waals surface area contributed by atoms with E-state index in [0.29, 0.717) is 17.5 Å². The van der Waals surface area contributed by atoms with Crippen LogP contribution in [0.4, 0.5) is 4.79 Å². The van der Waals surface area contributed by atoms with E-state index in [4.69, 9.17) is 14.7 Å². The molecule has 34 heavy (non-hydrogen) atoms. The molecule has 0 saturated carbocycles. The molecular weight excluding hydrogens is 452 g/mol. The molecule has 4 rings (SSSR count). The number of carbonyl (C=O) groups excluding carboxylic acids is 1. The highest BCUT2D eigenvalue weighted by molar-refractivity contribution is 7.89. The van der Waals surface area contributed by atoms with Crippen LogP contribution in [-0.2, 0) is 26.0 Å². The quantitative estimate of drug-likeness (QED) is 0.579. The fourth-order valence-corrected chi connectivity index (χ4v) is 6.14. The fraction of sp³-hybridized carbons (Fsp3) is 0.462. The Balaban J connectivity index is 1.64. The van der Waals surface area contributed by atoms with Gasteiger partial charge in [-0.3, -0.25) is 0 Å². The van der Waals surface area contributed by atoms with Gasteiger partial charge in [0.1, 0.15) is 11.7 Å². The number of nitrogens with zero attached hydrogens (tertiary/aromatic N) is 2. The molecule has 2 aliphatic rings. The minimum atomic E-state index is -4.18. The van der Waals surface area contributed by atoms with Crippen LogP contribution in [-0.4, -0.2) is 36.1 Å². The van der Waals surface area contributed by atoms with Crippen molar-refractivity contribution in [2.24, 2.45) is 5.92 Å². The first kappa shape index (κ1) is 24.2. The number of benzene rings is 2. The lowest BCUT2D eigenvalue weighted by Gasteiger charge is -2.32. The van der Waals surface area contributed by atoms with Crippen LogP contribution in [0, 0.1) is 24.2 Å². The summed E-state index contributed by atoms with van der Waals surface area (Å²) in [7, 11) is -4.18. The molecule has 0 aromatic heterocycles. The van der Waals surface area contributed by atoms with Crippen LogP contribution in [0.1, 0.15) is 56.7 Å². The number of rotatable bonds is 6. The van der Waals surface area contributed by atoms with Crippen molar-refractivity contribution in [2.45, 2.75) is 75.7 Å². The summed E-state index contributed by atoms with van der Waals surface area (Å²) >= 11 is 0. The zero-order valence-electron chi connectivity index (χ0n) is 19.9. The molecule has 0 radical (unpaired) electrons. The van der Waals surface area contributed by atoms with E-state index in [1.54, 1.807) is 36.4 Å². The van der Waals surface area contributed by atoms with Gasteiger partial charge in [0.2, 0.25) is 0 Å². The van der Waals surface area contributed by atoms with Crippen molar-refractivity contribution < 1.29 is 22.7 Å². The first-order chi connectivity index (χ1) is 16.0. The van der Waals surface area contributed by atoms with Gasteiger partial charge in [-0.05, 0) is 62.4 Å². The lowest BCUT2D eigenvalue weighted by atomic mass is 9.75. The summed E-state index contributed by atoms with van der Waals surface area (Å²) in [5, 5.41) is 9.05. The van der Waals surface area contributed by atoms with Gasteiger partial charge in [-0.2, -0.15) is 9.57 Å². The van der Waals surface area contributed by atoms with Crippen LogP contribution >= 0.6 is 0 Å². The minimum absolute atomic E-state index is 0.0118. The largest absolute Gasteiger partial charge is 0.442 e. The number of sulfonamides is 1. The zero-order valence-corrected chi connectivity index (χ0v) is 20.8. The molecule has 3 atom stereocenters. The first-order valence-corrected chi connectivity index (χ1v) is 12.9. The summed E-state index contributed by atoms with van der Waals surface area (Å²) in [5.74, 6) is 0.254. The molecule has 0 aliphatic carbocycles. The lowest BCUT2D eigenvalue weighted by molar-refractivity contribution is -0.0827. The van der Waals surface area contributed by atoms with Gasteiger partial charge in [-0.25, -0.2) is 13.2 Å². The first-order valence-electron chi connectivity index (χ1n) is 11.5. The smallest absolute Gasteiger partial charge is 0.424 e. The normalized spacial score (nSPS) is 25.8. The van der Waals surface area contributed by atoms with E-state index < -0.39 is 27.8 Å². The highest BCUT2D eigenvalue weighted by Crippen LogP contribution is 2.55. The maximum Gasteiger partial charge on any atom is 0.424 e. The Kier molecular flexibility index (Phi) is 6.21. The molecule has 2 fully saturated rings. The summed E-state index contributed by atoms with van der Waals surface area (Å²) in [4.78, 5) is 13.4.